The van der Waals surface area contributed by atoms with Crippen LogP contribution in [0.2, 0.25) is 0 Å². The second-order valence-electron chi connectivity index (χ2n) is 8.51. The van der Waals surface area contributed by atoms with Gasteiger partial charge in [0.25, 0.3) is 0 Å². The van der Waals surface area contributed by atoms with Crippen LogP contribution in [0.5, 0.6) is 5.75 Å². The van der Waals surface area contributed by atoms with Crippen molar-refractivity contribution >= 4 is 0 Å². The molecule has 1 nitrogen and oxygen atoms in total. The first-order chi connectivity index (χ1) is 17.3. The van der Waals surface area contributed by atoms with E-state index in [0.29, 0.717) is 17.2 Å². The first kappa shape index (κ1) is 26.2. The molecular weight excluding hydrogens is 504 g/mol. The van der Waals surface area contributed by atoms with E-state index in [9.17, 15) is 30.7 Å². The molecule has 0 fully saturated rings. The lowest BCUT2D eigenvalue weighted by Gasteiger charge is -2.22. The molecule has 192 valence electrons. The fourth-order valence-electron chi connectivity index (χ4n) is 3.88. The molecule has 37 heavy (non-hydrogen) atoms. The van der Waals surface area contributed by atoms with Crippen LogP contribution < -0.4 is 4.74 Å². The van der Waals surface area contributed by atoms with Gasteiger partial charge in [-0.05, 0) is 55.2 Å². The average Bonchev–Trinajstić information content (AvgIpc) is 2.84. The SMILES string of the molecule is Cc1ccc(-c2ccc(-c3cc(F)c(C(F)(F)Oc4cc(F)c(F)c(F)c4C)c(F)c3C)c(F)c2)cc1. The zero-order chi connectivity index (χ0) is 27.2. The molecule has 0 spiro atoms. The van der Waals surface area contributed by atoms with Crippen LogP contribution >= 0.6 is 0 Å². The van der Waals surface area contributed by atoms with Crippen LogP contribution in [0.4, 0.5) is 35.1 Å². The Balaban J connectivity index is 1.75. The van der Waals surface area contributed by atoms with Crippen molar-refractivity contribution in [2.24, 2.45) is 0 Å². The van der Waals surface area contributed by atoms with Crippen molar-refractivity contribution in [1.82, 2.24) is 0 Å². The predicted octanol–water partition coefficient (Wildman–Crippen LogP) is 8.91. The molecule has 4 aromatic carbocycles. The summed E-state index contributed by atoms with van der Waals surface area (Å²) in [6.07, 6.45) is -4.76. The van der Waals surface area contributed by atoms with Gasteiger partial charge in [-0.2, -0.15) is 8.78 Å². The monoisotopic (exact) mass is 522 g/mol. The van der Waals surface area contributed by atoms with E-state index >= 15 is 4.39 Å². The van der Waals surface area contributed by atoms with Crippen molar-refractivity contribution in [2.45, 2.75) is 26.9 Å². The molecular formula is C28H18F8O. The third-order valence-corrected chi connectivity index (χ3v) is 6.00. The van der Waals surface area contributed by atoms with Gasteiger partial charge in [0.15, 0.2) is 17.5 Å². The number of hydrogen-bond donors (Lipinski definition) is 0. The smallest absolute Gasteiger partial charge is 0.428 e. The fraction of sp³-hybridized carbons (Fsp3) is 0.143. The Morgan fingerprint density at radius 3 is 1.81 bits per heavy atom. The first-order valence-electron chi connectivity index (χ1n) is 10.9. The minimum atomic E-state index is -4.76. The Hall–Kier alpha value is -3.88. The first-order valence-corrected chi connectivity index (χ1v) is 10.9. The number of halogens is 8. The molecule has 0 aliphatic carbocycles. The Kier molecular flexibility index (Phi) is 6.75. The summed E-state index contributed by atoms with van der Waals surface area (Å²) in [7, 11) is 0. The fourth-order valence-corrected chi connectivity index (χ4v) is 3.88. The van der Waals surface area contributed by atoms with Gasteiger partial charge in [0.1, 0.15) is 28.8 Å². The molecule has 0 atom stereocenters. The number of benzene rings is 4. The highest BCUT2D eigenvalue weighted by Gasteiger charge is 2.43. The van der Waals surface area contributed by atoms with E-state index < -0.39 is 63.5 Å². The summed E-state index contributed by atoms with van der Waals surface area (Å²) in [6.45, 7) is 3.75. The van der Waals surface area contributed by atoms with E-state index in [4.69, 9.17) is 0 Å². The highest BCUT2D eigenvalue weighted by molar-refractivity contribution is 5.73. The quantitative estimate of drug-likeness (QED) is 0.188. The summed E-state index contributed by atoms with van der Waals surface area (Å²) >= 11 is 0. The maximum Gasteiger partial charge on any atom is 0.432 e. The average molecular weight is 522 g/mol. The number of ether oxygens (including phenoxy) is 1. The van der Waals surface area contributed by atoms with E-state index in [2.05, 4.69) is 4.74 Å². The number of aryl methyl sites for hydroxylation is 1. The van der Waals surface area contributed by atoms with E-state index in [1.54, 1.807) is 12.1 Å². The number of alkyl halides is 2. The van der Waals surface area contributed by atoms with Crippen molar-refractivity contribution in [3.8, 4) is 28.0 Å². The molecule has 0 amide bonds. The maximum absolute atomic E-state index is 15.1. The molecule has 0 unspecified atom stereocenters. The van der Waals surface area contributed by atoms with Crippen LogP contribution in [-0.4, -0.2) is 0 Å². The summed E-state index contributed by atoms with van der Waals surface area (Å²) < 4.78 is 120. The summed E-state index contributed by atoms with van der Waals surface area (Å²) in [6, 6.07) is 11.8. The summed E-state index contributed by atoms with van der Waals surface area (Å²) in [5, 5.41) is 0. The molecule has 0 aliphatic rings. The van der Waals surface area contributed by atoms with Crippen molar-refractivity contribution in [1.29, 1.82) is 0 Å². The van der Waals surface area contributed by atoms with Crippen LogP contribution in [-0.2, 0) is 6.11 Å². The zero-order valence-corrected chi connectivity index (χ0v) is 19.6. The lowest BCUT2D eigenvalue weighted by atomic mass is 9.94. The van der Waals surface area contributed by atoms with Crippen LogP contribution in [0.15, 0.2) is 54.6 Å². The maximum atomic E-state index is 15.1. The molecule has 0 radical (unpaired) electrons. The largest absolute Gasteiger partial charge is 0.432 e. The standard InChI is InChI=1S/C28H18F8O/c1-13-4-6-16(7-5-13)17-8-9-18(20(29)10-17)19-11-21(30)24(25(32)14(19)2)28(35,36)37-23-12-22(31)27(34)26(33)15(23)3/h4-12H,1-3H3. The molecule has 0 aliphatic heterocycles. The van der Waals surface area contributed by atoms with Crippen LogP contribution in [0.3, 0.4) is 0 Å². The molecule has 9 heteroatoms. The van der Waals surface area contributed by atoms with Gasteiger partial charge in [0, 0.05) is 17.2 Å². The lowest BCUT2D eigenvalue weighted by molar-refractivity contribution is -0.190. The molecule has 0 bridgehead atoms. The van der Waals surface area contributed by atoms with Crippen molar-refractivity contribution in [3.05, 3.63) is 112 Å². The van der Waals surface area contributed by atoms with Gasteiger partial charge >= 0.3 is 6.11 Å². The Bertz CT molecular complexity index is 1510. The van der Waals surface area contributed by atoms with Crippen LogP contribution in [0.25, 0.3) is 22.3 Å². The Morgan fingerprint density at radius 2 is 1.19 bits per heavy atom. The number of rotatable bonds is 5. The van der Waals surface area contributed by atoms with E-state index in [1.807, 2.05) is 19.1 Å². The Labute approximate surface area is 207 Å². The highest BCUT2D eigenvalue weighted by Crippen LogP contribution is 2.41. The topological polar surface area (TPSA) is 9.23 Å². The third-order valence-electron chi connectivity index (χ3n) is 6.00. The molecule has 4 aromatic rings. The van der Waals surface area contributed by atoms with Crippen molar-refractivity contribution in [3.63, 3.8) is 0 Å². The Morgan fingerprint density at radius 1 is 0.568 bits per heavy atom. The number of hydrogen-bond acceptors (Lipinski definition) is 1. The summed E-state index contributed by atoms with van der Waals surface area (Å²) in [5.74, 6) is -11.1. The third kappa shape index (κ3) is 4.77. The lowest BCUT2D eigenvalue weighted by Crippen LogP contribution is -2.26. The van der Waals surface area contributed by atoms with E-state index in [-0.39, 0.29) is 17.2 Å². The second kappa shape index (κ2) is 9.53. The van der Waals surface area contributed by atoms with Gasteiger partial charge in [-0.3, -0.25) is 0 Å². The molecule has 0 N–H and O–H groups in total. The summed E-state index contributed by atoms with van der Waals surface area (Å²) in [5.41, 5.74) is -1.58. The summed E-state index contributed by atoms with van der Waals surface area (Å²) in [4.78, 5) is 0. The minimum absolute atomic E-state index is 0.143. The van der Waals surface area contributed by atoms with Crippen LogP contribution in [0, 0.1) is 55.7 Å². The molecule has 4 rings (SSSR count). The van der Waals surface area contributed by atoms with Gasteiger partial charge in [-0.25, -0.2) is 26.3 Å². The van der Waals surface area contributed by atoms with Gasteiger partial charge in [-0.1, -0.05) is 42.0 Å². The molecule has 0 saturated heterocycles. The van der Waals surface area contributed by atoms with E-state index in [0.717, 1.165) is 25.5 Å². The molecule has 0 saturated carbocycles. The van der Waals surface area contributed by atoms with E-state index in [1.165, 1.54) is 12.1 Å². The van der Waals surface area contributed by atoms with Gasteiger partial charge in [0.05, 0.1) is 0 Å². The zero-order valence-electron chi connectivity index (χ0n) is 19.6. The van der Waals surface area contributed by atoms with Gasteiger partial charge in [0.2, 0.25) is 0 Å². The van der Waals surface area contributed by atoms with Crippen LogP contribution in [0.1, 0.15) is 22.3 Å². The van der Waals surface area contributed by atoms with Crippen molar-refractivity contribution in [2.75, 3.05) is 0 Å². The van der Waals surface area contributed by atoms with Gasteiger partial charge in [-0.15, -0.1) is 0 Å². The van der Waals surface area contributed by atoms with Gasteiger partial charge < -0.3 is 4.74 Å². The second-order valence-corrected chi connectivity index (χ2v) is 8.51. The molecule has 0 heterocycles. The minimum Gasteiger partial charge on any atom is -0.428 e. The molecule has 0 aromatic heterocycles. The van der Waals surface area contributed by atoms with Crippen molar-refractivity contribution < 1.29 is 39.9 Å². The highest BCUT2D eigenvalue weighted by atomic mass is 19.3. The predicted molar refractivity (Wildman–Crippen MR) is 122 cm³/mol. The normalized spacial score (nSPS) is 11.6.